The summed E-state index contributed by atoms with van der Waals surface area (Å²) in [6.45, 7) is 11.5. The van der Waals surface area contributed by atoms with Crippen LogP contribution in [0.3, 0.4) is 0 Å². The third kappa shape index (κ3) is 4.36. The lowest BCUT2D eigenvalue weighted by Gasteiger charge is -2.12. The molecular weight excluding hydrogens is 236 g/mol. The zero-order valence-electron chi connectivity index (χ0n) is 11.3. The van der Waals surface area contributed by atoms with E-state index in [2.05, 4.69) is 24.5 Å². The largest absolute Gasteiger partial charge is 0.506 e. The predicted octanol–water partition coefficient (Wildman–Crippen LogP) is 4.14. The molecule has 0 saturated carbocycles. The highest BCUT2D eigenvalue weighted by atomic mass is 16.3. The lowest BCUT2D eigenvalue weighted by atomic mass is 10.0. The van der Waals surface area contributed by atoms with Crippen LogP contribution in [0.15, 0.2) is 60.5 Å². The van der Waals surface area contributed by atoms with Crippen molar-refractivity contribution in [2.75, 3.05) is 5.32 Å². The standard InChI is InChI=1S/C16H18N2O/c1-11(2)12(3)8-16(13(4)19)18-15-7-5-6-14(9-15)10-17/h5-9,11,18-19H,3-4H2,1-2H3/b16-8-. The Hall–Kier alpha value is -2.47. The van der Waals surface area contributed by atoms with E-state index < -0.39 is 0 Å². The number of hydrogen-bond donors (Lipinski definition) is 2. The summed E-state index contributed by atoms with van der Waals surface area (Å²) in [5.41, 5.74) is 2.63. The van der Waals surface area contributed by atoms with Gasteiger partial charge in [-0.25, -0.2) is 0 Å². The summed E-state index contributed by atoms with van der Waals surface area (Å²) in [4.78, 5) is 0. The van der Waals surface area contributed by atoms with Gasteiger partial charge in [-0.05, 0) is 30.2 Å². The van der Waals surface area contributed by atoms with Crippen LogP contribution in [-0.2, 0) is 0 Å². The molecule has 3 heteroatoms. The van der Waals surface area contributed by atoms with Crippen molar-refractivity contribution in [2.45, 2.75) is 13.8 Å². The van der Waals surface area contributed by atoms with Gasteiger partial charge in [0.15, 0.2) is 0 Å². The molecule has 1 aromatic rings. The Labute approximate surface area is 114 Å². The normalized spacial score (nSPS) is 10.9. The molecule has 0 heterocycles. The molecule has 1 aromatic carbocycles. The second-order valence-electron chi connectivity index (χ2n) is 4.55. The second kappa shape index (κ2) is 6.46. The summed E-state index contributed by atoms with van der Waals surface area (Å²) in [5, 5.41) is 21.5. The summed E-state index contributed by atoms with van der Waals surface area (Å²) >= 11 is 0. The number of anilines is 1. The smallest absolute Gasteiger partial charge is 0.131 e. The maximum Gasteiger partial charge on any atom is 0.131 e. The van der Waals surface area contributed by atoms with Crippen molar-refractivity contribution in [3.63, 3.8) is 0 Å². The Morgan fingerprint density at radius 2 is 2.11 bits per heavy atom. The molecule has 98 valence electrons. The number of aliphatic hydroxyl groups excluding tert-OH is 1. The van der Waals surface area contributed by atoms with Crippen molar-refractivity contribution in [3.8, 4) is 6.07 Å². The molecule has 2 N–H and O–H groups in total. The molecule has 0 bridgehead atoms. The van der Waals surface area contributed by atoms with Crippen LogP contribution in [0, 0.1) is 17.2 Å². The lowest BCUT2D eigenvalue weighted by Crippen LogP contribution is -2.04. The maximum atomic E-state index is 9.60. The number of nitrogens with zero attached hydrogens (tertiary/aromatic N) is 1. The van der Waals surface area contributed by atoms with Crippen LogP contribution in [0.25, 0.3) is 0 Å². The Morgan fingerprint density at radius 3 is 2.63 bits per heavy atom. The van der Waals surface area contributed by atoms with Gasteiger partial charge >= 0.3 is 0 Å². The first-order valence-electron chi connectivity index (χ1n) is 6.00. The quantitative estimate of drug-likeness (QED) is 0.613. The van der Waals surface area contributed by atoms with Crippen molar-refractivity contribution >= 4 is 5.69 Å². The Morgan fingerprint density at radius 1 is 1.42 bits per heavy atom. The lowest BCUT2D eigenvalue weighted by molar-refractivity contribution is 0.427. The molecule has 0 spiro atoms. The van der Waals surface area contributed by atoms with Crippen LogP contribution in [0.5, 0.6) is 0 Å². The first-order valence-corrected chi connectivity index (χ1v) is 6.00. The van der Waals surface area contributed by atoms with Crippen LogP contribution < -0.4 is 5.32 Å². The van der Waals surface area contributed by atoms with E-state index in [1.807, 2.05) is 19.9 Å². The molecule has 0 unspecified atom stereocenters. The number of allylic oxidation sites excluding steroid dienone is 2. The zero-order valence-corrected chi connectivity index (χ0v) is 11.3. The van der Waals surface area contributed by atoms with E-state index in [9.17, 15) is 5.11 Å². The van der Waals surface area contributed by atoms with E-state index in [0.717, 1.165) is 11.3 Å². The number of aliphatic hydroxyl groups is 1. The molecule has 0 saturated heterocycles. The van der Waals surface area contributed by atoms with Gasteiger partial charge in [-0.15, -0.1) is 0 Å². The topological polar surface area (TPSA) is 56.0 Å². The zero-order chi connectivity index (χ0) is 14.4. The SMILES string of the molecule is C=C(O)/C(=C/C(=C)C(C)C)Nc1cccc(C#N)c1. The number of nitriles is 1. The molecule has 0 atom stereocenters. The van der Waals surface area contributed by atoms with Crippen molar-refractivity contribution in [1.29, 1.82) is 5.26 Å². The maximum absolute atomic E-state index is 9.60. The molecule has 19 heavy (non-hydrogen) atoms. The number of hydrogen-bond acceptors (Lipinski definition) is 3. The van der Waals surface area contributed by atoms with Crippen molar-refractivity contribution in [2.24, 2.45) is 5.92 Å². The van der Waals surface area contributed by atoms with Gasteiger partial charge in [0.25, 0.3) is 0 Å². The summed E-state index contributed by atoms with van der Waals surface area (Å²) in [7, 11) is 0. The highest BCUT2D eigenvalue weighted by Gasteiger charge is 2.05. The van der Waals surface area contributed by atoms with Crippen LogP contribution >= 0.6 is 0 Å². The first kappa shape index (κ1) is 14.6. The summed E-state index contributed by atoms with van der Waals surface area (Å²) < 4.78 is 0. The Balaban J connectivity index is 3.00. The second-order valence-corrected chi connectivity index (χ2v) is 4.55. The van der Waals surface area contributed by atoms with E-state index >= 15 is 0 Å². The fourth-order valence-corrected chi connectivity index (χ4v) is 1.37. The molecule has 0 aliphatic rings. The molecule has 0 fully saturated rings. The number of rotatable bonds is 5. The summed E-state index contributed by atoms with van der Waals surface area (Å²) in [5.74, 6) is 0.214. The van der Waals surface area contributed by atoms with Gasteiger partial charge in [0, 0.05) is 5.69 Å². The fourth-order valence-electron chi connectivity index (χ4n) is 1.37. The number of nitrogens with one attached hydrogen (secondary N) is 1. The van der Waals surface area contributed by atoms with Crippen LogP contribution in [0.4, 0.5) is 5.69 Å². The van der Waals surface area contributed by atoms with Crippen molar-refractivity contribution < 1.29 is 5.11 Å². The molecule has 3 nitrogen and oxygen atoms in total. The Kier molecular flexibility index (Phi) is 4.96. The van der Waals surface area contributed by atoms with Gasteiger partial charge in [0.2, 0.25) is 0 Å². The highest BCUT2D eigenvalue weighted by Crippen LogP contribution is 2.18. The average Bonchev–Trinajstić information content (AvgIpc) is 2.37. The molecule has 0 aromatic heterocycles. The Bertz CT molecular complexity index is 562. The van der Waals surface area contributed by atoms with E-state index in [0.29, 0.717) is 11.3 Å². The summed E-state index contributed by atoms with van der Waals surface area (Å²) in [6.07, 6.45) is 1.76. The summed E-state index contributed by atoms with van der Waals surface area (Å²) in [6, 6.07) is 9.08. The minimum atomic E-state index is -0.0656. The predicted molar refractivity (Wildman–Crippen MR) is 78.6 cm³/mol. The molecule has 0 amide bonds. The molecule has 0 aliphatic carbocycles. The van der Waals surface area contributed by atoms with Gasteiger partial charge in [-0.1, -0.05) is 38.6 Å². The molecule has 0 aliphatic heterocycles. The fraction of sp³-hybridized carbons (Fsp3) is 0.188. The minimum absolute atomic E-state index is 0.0656. The van der Waals surface area contributed by atoms with E-state index in [1.54, 1.807) is 24.3 Å². The van der Waals surface area contributed by atoms with Gasteiger partial charge in [0.05, 0.1) is 17.3 Å². The average molecular weight is 254 g/mol. The molecule has 0 radical (unpaired) electrons. The van der Waals surface area contributed by atoms with Crippen LogP contribution in [0.2, 0.25) is 0 Å². The minimum Gasteiger partial charge on any atom is -0.506 e. The van der Waals surface area contributed by atoms with E-state index in [4.69, 9.17) is 5.26 Å². The van der Waals surface area contributed by atoms with Crippen molar-refractivity contribution in [3.05, 3.63) is 66.1 Å². The van der Waals surface area contributed by atoms with Gasteiger partial charge in [0.1, 0.15) is 5.76 Å². The van der Waals surface area contributed by atoms with Gasteiger partial charge in [-0.3, -0.25) is 0 Å². The van der Waals surface area contributed by atoms with E-state index in [-0.39, 0.29) is 11.7 Å². The molecule has 1 rings (SSSR count). The monoisotopic (exact) mass is 254 g/mol. The van der Waals surface area contributed by atoms with Gasteiger partial charge in [-0.2, -0.15) is 5.26 Å². The third-order valence-electron chi connectivity index (χ3n) is 2.65. The van der Waals surface area contributed by atoms with Crippen LogP contribution in [0.1, 0.15) is 19.4 Å². The first-order chi connectivity index (χ1) is 8.93. The van der Waals surface area contributed by atoms with E-state index in [1.165, 1.54) is 0 Å². The number of benzene rings is 1. The van der Waals surface area contributed by atoms with Crippen molar-refractivity contribution in [1.82, 2.24) is 0 Å². The van der Waals surface area contributed by atoms with Gasteiger partial charge < -0.3 is 10.4 Å². The third-order valence-corrected chi connectivity index (χ3v) is 2.65. The highest BCUT2D eigenvalue weighted by molar-refractivity contribution is 5.56. The van der Waals surface area contributed by atoms with Crippen LogP contribution in [-0.4, -0.2) is 5.11 Å². The molecular formula is C16H18N2O.